The first-order chi connectivity index (χ1) is 6.69. The number of hydrogen-bond donors (Lipinski definition) is 1. The highest BCUT2D eigenvalue weighted by molar-refractivity contribution is 5.34. The molecule has 0 atom stereocenters. The van der Waals surface area contributed by atoms with Gasteiger partial charge in [-0.15, -0.1) is 0 Å². The van der Waals surface area contributed by atoms with E-state index < -0.39 is 11.6 Å². The number of methoxy groups -OCH3 is 1. The van der Waals surface area contributed by atoms with Gasteiger partial charge in [0.1, 0.15) is 5.75 Å². The van der Waals surface area contributed by atoms with Crippen molar-refractivity contribution in [3.8, 4) is 5.75 Å². The van der Waals surface area contributed by atoms with E-state index in [4.69, 9.17) is 9.84 Å². The summed E-state index contributed by atoms with van der Waals surface area (Å²) in [4.78, 5) is 0. The predicted molar refractivity (Wildman–Crippen MR) is 48.3 cm³/mol. The summed E-state index contributed by atoms with van der Waals surface area (Å²) in [6.07, 6.45) is 0.971. The van der Waals surface area contributed by atoms with Crippen molar-refractivity contribution in [3.63, 3.8) is 0 Å². The van der Waals surface area contributed by atoms with Crippen LogP contribution in [-0.4, -0.2) is 18.8 Å². The highest BCUT2D eigenvalue weighted by Gasteiger charge is 2.09. The quantitative estimate of drug-likeness (QED) is 0.808. The summed E-state index contributed by atoms with van der Waals surface area (Å²) in [5.74, 6) is -1.49. The van der Waals surface area contributed by atoms with Crippen LogP contribution in [0.25, 0.3) is 0 Å². The third-order valence-corrected chi connectivity index (χ3v) is 1.93. The van der Waals surface area contributed by atoms with Crippen LogP contribution in [0.15, 0.2) is 12.1 Å². The molecule has 0 saturated heterocycles. The zero-order chi connectivity index (χ0) is 10.6. The Morgan fingerprint density at radius 1 is 1.29 bits per heavy atom. The van der Waals surface area contributed by atoms with E-state index in [1.54, 1.807) is 0 Å². The Bertz CT molecular complexity index is 313. The van der Waals surface area contributed by atoms with E-state index in [-0.39, 0.29) is 6.61 Å². The molecule has 78 valence electrons. The highest BCUT2D eigenvalue weighted by Crippen LogP contribution is 2.23. The molecule has 0 aliphatic heterocycles. The van der Waals surface area contributed by atoms with Gasteiger partial charge in [0.25, 0.3) is 0 Å². The molecule has 2 nitrogen and oxygen atoms in total. The van der Waals surface area contributed by atoms with Gasteiger partial charge in [-0.3, -0.25) is 0 Å². The number of aliphatic hydroxyl groups is 1. The maximum absolute atomic E-state index is 12.8. The van der Waals surface area contributed by atoms with Crippen molar-refractivity contribution >= 4 is 0 Å². The number of halogens is 2. The van der Waals surface area contributed by atoms with E-state index in [1.165, 1.54) is 7.11 Å². The van der Waals surface area contributed by atoms with Gasteiger partial charge in [-0.2, -0.15) is 0 Å². The average molecular weight is 202 g/mol. The minimum absolute atomic E-state index is 0.0160. The van der Waals surface area contributed by atoms with Gasteiger partial charge in [-0.05, 0) is 24.5 Å². The smallest absolute Gasteiger partial charge is 0.162 e. The normalized spacial score (nSPS) is 10.3. The fourth-order valence-corrected chi connectivity index (χ4v) is 1.22. The summed E-state index contributed by atoms with van der Waals surface area (Å²) in [6.45, 7) is 0.0160. The second-order valence-corrected chi connectivity index (χ2v) is 2.91. The van der Waals surface area contributed by atoms with Crippen molar-refractivity contribution in [3.05, 3.63) is 29.3 Å². The second kappa shape index (κ2) is 4.91. The summed E-state index contributed by atoms with van der Waals surface area (Å²) >= 11 is 0. The second-order valence-electron chi connectivity index (χ2n) is 2.91. The van der Waals surface area contributed by atoms with Crippen LogP contribution in [0, 0.1) is 11.6 Å². The summed E-state index contributed by atoms with van der Waals surface area (Å²) in [6, 6.07) is 2.12. The third-order valence-electron chi connectivity index (χ3n) is 1.93. The van der Waals surface area contributed by atoms with E-state index in [0.717, 1.165) is 12.1 Å². The Hall–Kier alpha value is -1.16. The minimum atomic E-state index is -0.922. The highest BCUT2D eigenvalue weighted by atomic mass is 19.2. The van der Waals surface area contributed by atoms with Gasteiger partial charge in [0.05, 0.1) is 7.11 Å². The summed E-state index contributed by atoms with van der Waals surface area (Å²) in [5, 5.41) is 8.61. The lowest BCUT2D eigenvalue weighted by atomic mass is 10.1. The Labute approximate surface area is 81.1 Å². The monoisotopic (exact) mass is 202 g/mol. The SMILES string of the molecule is COc1cc(F)c(F)cc1CCCO. The molecule has 1 aromatic carbocycles. The molecule has 0 radical (unpaired) electrons. The molecule has 0 aromatic heterocycles. The Morgan fingerprint density at radius 2 is 1.93 bits per heavy atom. The van der Waals surface area contributed by atoms with Crippen molar-refractivity contribution in [1.82, 2.24) is 0 Å². The number of ether oxygens (including phenoxy) is 1. The molecule has 0 saturated carbocycles. The lowest BCUT2D eigenvalue weighted by Gasteiger charge is -2.08. The first kappa shape index (κ1) is 10.9. The van der Waals surface area contributed by atoms with Gasteiger partial charge < -0.3 is 9.84 Å². The molecule has 1 N–H and O–H groups in total. The summed E-state index contributed by atoms with van der Waals surface area (Å²) < 4.78 is 30.5. The first-order valence-corrected chi connectivity index (χ1v) is 4.31. The molecule has 0 aliphatic carbocycles. The van der Waals surface area contributed by atoms with E-state index in [2.05, 4.69) is 0 Å². The molecule has 1 aromatic rings. The van der Waals surface area contributed by atoms with Crippen molar-refractivity contribution in [1.29, 1.82) is 0 Å². The molecule has 14 heavy (non-hydrogen) atoms. The predicted octanol–water partition coefficient (Wildman–Crippen LogP) is 1.90. The fourth-order valence-electron chi connectivity index (χ4n) is 1.22. The van der Waals surface area contributed by atoms with Gasteiger partial charge in [0, 0.05) is 12.7 Å². The van der Waals surface area contributed by atoms with E-state index in [1.807, 2.05) is 0 Å². The number of rotatable bonds is 4. The van der Waals surface area contributed by atoms with E-state index >= 15 is 0 Å². The van der Waals surface area contributed by atoms with Crippen molar-refractivity contribution in [2.75, 3.05) is 13.7 Å². The maximum Gasteiger partial charge on any atom is 0.162 e. The molecule has 0 heterocycles. The molecular weight excluding hydrogens is 190 g/mol. The lowest BCUT2D eigenvalue weighted by Crippen LogP contribution is -1.97. The van der Waals surface area contributed by atoms with E-state index in [9.17, 15) is 8.78 Å². The molecule has 0 aliphatic rings. The van der Waals surface area contributed by atoms with Crippen LogP contribution in [0.3, 0.4) is 0 Å². The molecule has 0 bridgehead atoms. The molecule has 0 spiro atoms. The Morgan fingerprint density at radius 3 is 2.50 bits per heavy atom. The zero-order valence-corrected chi connectivity index (χ0v) is 7.89. The average Bonchev–Trinajstić information content (AvgIpc) is 2.19. The van der Waals surface area contributed by atoms with Gasteiger partial charge in [-0.25, -0.2) is 8.78 Å². The fraction of sp³-hybridized carbons (Fsp3) is 0.400. The molecule has 0 amide bonds. The van der Waals surface area contributed by atoms with Gasteiger partial charge in [-0.1, -0.05) is 0 Å². The summed E-state index contributed by atoms with van der Waals surface area (Å²) in [7, 11) is 1.40. The number of aryl methyl sites for hydroxylation is 1. The largest absolute Gasteiger partial charge is 0.496 e. The Balaban J connectivity index is 2.95. The van der Waals surface area contributed by atoms with Crippen molar-refractivity contribution in [2.45, 2.75) is 12.8 Å². The Kier molecular flexibility index (Phi) is 3.83. The van der Waals surface area contributed by atoms with Crippen molar-refractivity contribution in [2.24, 2.45) is 0 Å². The molecule has 1 rings (SSSR count). The third kappa shape index (κ3) is 2.42. The van der Waals surface area contributed by atoms with Crippen molar-refractivity contribution < 1.29 is 18.6 Å². The lowest BCUT2D eigenvalue weighted by molar-refractivity contribution is 0.287. The minimum Gasteiger partial charge on any atom is -0.496 e. The number of hydrogen-bond acceptors (Lipinski definition) is 2. The van der Waals surface area contributed by atoms with Crippen LogP contribution in [0.5, 0.6) is 5.75 Å². The topological polar surface area (TPSA) is 29.5 Å². The van der Waals surface area contributed by atoms with Crippen LogP contribution in [0.2, 0.25) is 0 Å². The first-order valence-electron chi connectivity index (χ1n) is 4.31. The number of aliphatic hydroxyl groups excluding tert-OH is 1. The van der Waals surface area contributed by atoms with Crippen LogP contribution in [0.1, 0.15) is 12.0 Å². The number of benzene rings is 1. The van der Waals surface area contributed by atoms with Crippen LogP contribution in [0.4, 0.5) is 8.78 Å². The molecule has 4 heteroatoms. The zero-order valence-electron chi connectivity index (χ0n) is 7.89. The van der Waals surface area contributed by atoms with Crippen LogP contribution >= 0.6 is 0 Å². The molecule has 0 unspecified atom stereocenters. The van der Waals surface area contributed by atoms with Gasteiger partial charge in [0.2, 0.25) is 0 Å². The summed E-state index contributed by atoms with van der Waals surface area (Å²) in [5.41, 5.74) is 0.570. The molecular formula is C10H12F2O2. The van der Waals surface area contributed by atoms with Gasteiger partial charge >= 0.3 is 0 Å². The van der Waals surface area contributed by atoms with Crippen LogP contribution < -0.4 is 4.74 Å². The molecule has 0 fully saturated rings. The van der Waals surface area contributed by atoms with Gasteiger partial charge in [0.15, 0.2) is 11.6 Å². The van der Waals surface area contributed by atoms with Crippen LogP contribution in [-0.2, 0) is 6.42 Å². The van der Waals surface area contributed by atoms with E-state index in [0.29, 0.717) is 24.2 Å². The standard InChI is InChI=1S/C10H12F2O2/c1-14-10-6-9(12)8(11)5-7(10)3-2-4-13/h5-6,13H,2-4H2,1H3. The maximum atomic E-state index is 12.8.